The fourth-order valence-electron chi connectivity index (χ4n) is 2.08. The van der Waals surface area contributed by atoms with Crippen molar-refractivity contribution in [2.75, 3.05) is 25.0 Å². The van der Waals surface area contributed by atoms with E-state index < -0.39 is 0 Å². The maximum Gasteiger partial charge on any atom is 0.312 e. The lowest BCUT2D eigenvalue weighted by molar-refractivity contribution is -0.157. The Kier molecular flexibility index (Phi) is 5.63. The molecule has 0 N–H and O–H groups in total. The zero-order chi connectivity index (χ0) is 13.9. The summed E-state index contributed by atoms with van der Waals surface area (Å²) in [4.78, 5) is 27.3. The lowest BCUT2D eigenvalue weighted by Gasteiger charge is -2.37. The van der Waals surface area contributed by atoms with Gasteiger partial charge in [-0.05, 0) is 25.7 Å². The van der Waals surface area contributed by atoms with Crippen molar-refractivity contribution in [2.45, 2.75) is 33.7 Å². The zero-order valence-corrected chi connectivity index (χ0v) is 13.2. The number of alkyl halides is 1. The SMILES string of the molecule is CC(C)C(CBr)CN1CCN(C(C)C)C(=O)C1=O. The highest BCUT2D eigenvalue weighted by Crippen LogP contribution is 2.18. The molecule has 0 aromatic carbocycles. The maximum absolute atomic E-state index is 12.0. The highest BCUT2D eigenvalue weighted by molar-refractivity contribution is 9.09. The van der Waals surface area contributed by atoms with Gasteiger partial charge < -0.3 is 9.80 Å². The van der Waals surface area contributed by atoms with E-state index in [-0.39, 0.29) is 17.9 Å². The molecular formula is C13H23BrN2O2. The van der Waals surface area contributed by atoms with Gasteiger partial charge in [0.1, 0.15) is 0 Å². The number of carbonyl (C=O) groups excluding carboxylic acids is 2. The van der Waals surface area contributed by atoms with Crippen LogP contribution in [0, 0.1) is 11.8 Å². The first-order valence-electron chi connectivity index (χ1n) is 6.54. The second kappa shape index (κ2) is 6.55. The van der Waals surface area contributed by atoms with Gasteiger partial charge in [-0.25, -0.2) is 0 Å². The van der Waals surface area contributed by atoms with Crippen molar-refractivity contribution < 1.29 is 9.59 Å². The molecule has 1 fully saturated rings. The summed E-state index contributed by atoms with van der Waals surface area (Å²) in [5, 5.41) is 0.858. The molecule has 0 saturated carbocycles. The molecule has 1 rings (SSSR count). The summed E-state index contributed by atoms with van der Waals surface area (Å²) in [6, 6.07) is 0.0978. The van der Waals surface area contributed by atoms with Gasteiger partial charge in [0.05, 0.1) is 0 Å². The van der Waals surface area contributed by atoms with Crippen molar-refractivity contribution in [2.24, 2.45) is 11.8 Å². The number of carbonyl (C=O) groups is 2. The van der Waals surface area contributed by atoms with Gasteiger partial charge in [-0.1, -0.05) is 29.8 Å². The summed E-state index contributed by atoms with van der Waals surface area (Å²) >= 11 is 3.48. The summed E-state index contributed by atoms with van der Waals surface area (Å²) in [6.45, 7) is 10.1. The molecule has 1 saturated heterocycles. The van der Waals surface area contributed by atoms with Crippen LogP contribution >= 0.6 is 15.9 Å². The van der Waals surface area contributed by atoms with E-state index >= 15 is 0 Å². The number of hydrogen-bond donors (Lipinski definition) is 0. The third kappa shape index (κ3) is 3.46. The number of nitrogens with zero attached hydrogens (tertiary/aromatic N) is 2. The Hall–Kier alpha value is -0.580. The van der Waals surface area contributed by atoms with Gasteiger partial charge >= 0.3 is 11.8 Å². The number of rotatable bonds is 5. The lowest BCUT2D eigenvalue weighted by atomic mass is 9.97. The van der Waals surface area contributed by atoms with Crippen molar-refractivity contribution >= 4 is 27.7 Å². The minimum absolute atomic E-state index is 0.0978. The third-order valence-electron chi connectivity index (χ3n) is 3.56. The van der Waals surface area contributed by atoms with Gasteiger partial charge in [-0.2, -0.15) is 0 Å². The van der Waals surface area contributed by atoms with Crippen molar-refractivity contribution in [1.82, 2.24) is 9.80 Å². The Morgan fingerprint density at radius 3 is 2.17 bits per heavy atom. The number of halogens is 1. The third-order valence-corrected chi connectivity index (χ3v) is 4.39. The Morgan fingerprint density at radius 1 is 1.11 bits per heavy atom. The Balaban J connectivity index is 2.66. The first-order chi connectivity index (χ1) is 8.38. The van der Waals surface area contributed by atoms with E-state index in [2.05, 4.69) is 29.8 Å². The first kappa shape index (κ1) is 15.5. The molecule has 0 radical (unpaired) electrons. The van der Waals surface area contributed by atoms with Crippen LogP contribution in [0.4, 0.5) is 0 Å². The summed E-state index contributed by atoms with van der Waals surface area (Å²) in [5.74, 6) is 0.192. The number of amides is 2. The predicted molar refractivity (Wildman–Crippen MR) is 75.6 cm³/mol. The van der Waals surface area contributed by atoms with Crippen molar-refractivity contribution in [3.05, 3.63) is 0 Å². The van der Waals surface area contributed by atoms with Gasteiger partial charge in [0.2, 0.25) is 0 Å². The normalized spacial score (nSPS) is 19.1. The van der Waals surface area contributed by atoms with E-state index in [0.717, 1.165) is 5.33 Å². The quantitative estimate of drug-likeness (QED) is 0.572. The van der Waals surface area contributed by atoms with Crippen LogP contribution in [0.3, 0.4) is 0 Å². The molecule has 5 heteroatoms. The molecule has 0 spiro atoms. The minimum atomic E-state index is -0.353. The molecule has 1 atom stereocenters. The van der Waals surface area contributed by atoms with E-state index in [1.165, 1.54) is 0 Å². The molecule has 0 bridgehead atoms. The van der Waals surface area contributed by atoms with Gasteiger partial charge in [0.15, 0.2) is 0 Å². The molecule has 1 aliphatic rings. The monoisotopic (exact) mass is 318 g/mol. The highest BCUT2D eigenvalue weighted by atomic mass is 79.9. The topological polar surface area (TPSA) is 40.6 Å². The molecule has 4 nitrogen and oxygen atoms in total. The second-order valence-electron chi connectivity index (χ2n) is 5.50. The van der Waals surface area contributed by atoms with Gasteiger partial charge in [0.25, 0.3) is 0 Å². The Bertz CT molecular complexity index is 318. The highest BCUT2D eigenvalue weighted by Gasteiger charge is 2.34. The van der Waals surface area contributed by atoms with E-state index in [9.17, 15) is 9.59 Å². The van der Waals surface area contributed by atoms with Crippen molar-refractivity contribution in [1.29, 1.82) is 0 Å². The standard InChI is InChI=1S/C13H23BrN2O2/c1-9(2)11(7-14)8-15-5-6-16(10(3)4)13(18)12(15)17/h9-11H,5-8H2,1-4H3. The zero-order valence-electron chi connectivity index (χ0n) is 11.6. The lowest BCUT2D eigenvalue weighted by Crippen LogP contribution is -2.57. The summed E-state index contributed by atoms with van der Waals surface area (Å²) < 4.78 is 0. The molecule has 0 aliphatic carbocycles. The van der Waals surface area contributed by atoms with Crippen LogP contribution in [0.1, 0.15) is 27.7 Å². The predicted octanol–water partition coefficient (Wildman–Crippen LogP) is 1.73. The van der Waals surface area contributed by atoms with E-state index in [1.54, 1.807) is 9.80 Å². The summed E-state index contributed by atoms with van der Waals surface area (Å²) in [6.07, 6.45) is 0. The average Bonchev–Trinajstić information content (AvgIpc) is 2.30. The van der Waals surface area contributed by atoms with E-state index in [1.807, 2.05) is 13.8 Å². The molecular weight excluding hydrogens is 296 g/mol. The molecule has 1 heterocycles. The van der Waals surface area contributed by atoms with Crippen LogP contribution in [-0.2, 0) is 9.59 Å². The fraction of sp³-hybridized carbons (Fsp3) is 0.846. The maximum atomic E-state index is 12.0. The van der Waals surface area contributed by atoms with Crippen LogP contribution in [0.15, 0.2) is 0 Å². The molecule has 1 unspecified atom stereocenters. The molecule has 1 aliphatic heterocycles. The molecule has 0 aromatic heterocycles. The first-order valence-corrected chi connectivity index (χ1v) is 7.66. The molecule has 0 aromatic rings. The second-order valence-corrected chi connectivity index (χ2v) is 6.15. The van der Waals surface area contributed by atoms with Gasteiger partial charge in [-0.15, -0.1) is 0 Å². The Labute approximate surface area is 118 Å². The van der Waals surface area contributed by atoms with Crippen LogP contribution in [-0.4, -0.2) is 52.6 Å². The van der Waals surface area contributed by atoms with E-state index in [4.69, 9.17) is 0 Å². The fourth-order valence-corrected chi connectivity index (χ4v) is 3.03. The van der Waals surface area contributed by atoms with Crippen molar-refractivity contribution in [3.8, 4) is 0 Å². The molecule has 104 valence electrons. The Morgan fingerprint density at radius 2 is 1.72 bits per heavy atom. The van der Waals surface area contributed by atoms with Gasteiger partial charge in [0, 0.05) is 31.0 Å². The van der Waals surface area contributed by atoms with Crippen LogP contribution in [0.25, 0.3) is 0 Å². The van der Waals surface area contributed by atoms with Gasteiger partial charge in [-0.3, -0.25) is 9.59 Å². The minimum Gasteiger partial charge on any atom is -0.332 e. The largest absolute Gasteiger partial charge is 0.332 e. The number of hydrogen-bond acceptors (Lipinski definition) is 2. The molecule has 18 heavy (non-hydrogen) atoms. The van der Waals surface area contributed by atoms with E-state index in [0.29, 0.717) is 31.5 Å². The summed E-state index contributed by atoms with van der Waals surface area (Å²) in [5.41, 5.74) is 0. The van der Waals surface area contributed by atoms with Crippen LogP contribution in [0.2, 0.25) is 0 Å². The summed E-state index contributed by atoms with van der Waals surface area (Å²) in [7, 11) is 0. The van der Waals surface area contributed by atoms with Crippen LogP contribution < -0.4 is 0 Å². The smallest absolute Gasteiger partial charge is 0.312 e. The molecule has 2 amide bonds. The van der Waals surface area contributed by atoms with Crippen LogP contribution in [0.5, 0.6) is 0 Å². The van der Waals surface area contributed by atoms with Crippen molar-refractivity contribution in [3.63, 3.8) is 0 Å². The average molecular weight is 319 g/mol. The number of piperazine rings is 1.